The molecule has 1 aromatic rings. The molecule has 1 saturated carbocycles. The Morgan fingerprint density at radius 3 is 2.24 bits per heavy atom. The first-order valence-electron chi connectivity index (χ1n) is 8.32. The zero-order valence-electron chi connectivity index (χ0n) is 14.0. The third kappa shape index (κ3) is 3.61. The highest BCUT2D eigenvalue weighted by atomic mass is 16.5. The van der Waals surface area contributed by atoms with Gasteiger partial charge in [0.05, 0.1) is 0 Å². The number of aryl methyl sites for hydroxylation is 2. The zero-order valence-corrected chi connectivity index (χ0v) is 14.0. The summed E-state index contributed by atoms with van der Waals surface area (Å²) < 4.78 is 6.09. The Kier molecular flexibility index (Phi) is 5.71. The van der Waals surface area contributed by atoms with Gasteiger partial charge in [-0.3, -0.25) is 0 Å². The van der Waals surface area contributed by atoms with E-state index in [1.807, 2.05) is 0 Å². The van der Waals surface area contributed by atoms with Gasteiger partial charge in [-0.25, -0.2) is 9.97 Å². The molecule has 1 heterocycles. The highest BCUT2D eigenvalue weighted by Gasteiger charge is 2.39. The molecule has 4 heteroatoms. The van der Waals surface area contributed by atoms with E-state index >= 15 is 0 Å². The summed E-state index contributed by atoms with van der Waals surface area (Å²) >= 11 is 0. The lowest BCUT2D eigenvalue weighted by molar-refractivity contribution is -0.0459. The van der Waals surface area contributed by atoms with Crippen LogP contribution >= 0.6 is 0 Å². The van der Waals surface area contributed by atoms with Crippen molar-refractivity contribution in [3.63, 3.8) is 0 Å². The number of rotatable bonds is 7. The van der Waals surface area contributed by atoms with E-state index in [4.69, 9.17) is 14.7 Å². The molecular weight excluding hydrogens is 262 g/mol. The maximum atomic E-state index is 6.09. The minimum Gasteiger partial charge on any atom is -0.367 e. The van der Waals surface area contributed by atoms with E-state index < -0.39 is 0 Å². The number of likely N-dealkylation sites (N-methyl/N-ethyl adjacent to an activating group) is 1. The van der Waals surface area contributed by atoms with Gasteiger partial charge in [0.2, 0.25) is 0 Å². The fraction of sp³-hybridized carbons (Fsp3) is 0.765. The second-order valence-electron chi connectivity index (χ2n) is 5.93. The predicted octanol–water partition coefficient (Wildman–Crippen LogP) is 3.05. The van der Waals surface area contributed by atoms with Crippen LogP contribution in [-0.2, 0) is 16.8 Å². The molecule has 1 fully saturated rings. The third-order valence-electron chi connectivity index (χ3n) is 4.46. The Bertz CT molecular complexity index is 444. The van der Waals surface area contributed by atoms with Gasteiger partial charge >= 0.3 is 0 Å². The maximum Gasteiger partial charge on any atom is 0.160 e. The molecule has 0 radical (unpaired) electrons. The molecule has 118 valence electrons. The third-order valence-corrected chi connectivity index (χ3v) is 4.46. The molecule has 1 aromatic heterocycles. The summed E-state index contributed by atoms with van der Waals surface area (Å²) in [5, 5.41) is 3.37. The molecule has 0 amide bonds. The molecule has 0 spiro atoms. The van der Waals surface area contributed by atoms with E-state index in [1.54, 1.807) is 0 Å². The fourth-order valence-electron chi connectivity index (χ4n) is 3.35. The van der Waals surface area contributed by atoms with Crippen LogP contribution in [0.25, 0.3) is 0 Å². The van der Waals surface area contributed by atoms with Gasteiger partial charge < -0.3 is 10.1 Å². The smallest absolute Gasteiger partial charge is 0.160 e. The Balaban J connectivity index is 2.25. The van der Waals surface area contributed by atoms with Crippen LogP contribution in [0, 0.1) is 13.8 Å². The van der Waals surface area contributed by atoms with Gasteiger partial charge in [0.25, 0.3) is 0 Å². The van der Waals surface area contributed by atoms with E-state index in [0.29, 0.717) is 0 Å². The molecule has 2 rings (SSSR count). The number of ether oxygens (including phenoxy) is 1. The largest absolute Gasteiger partial charge is 0.367 e. The Morgan fingerprint density at radius 1 is 1.10 bits per heavy atom. The molecule has 0 aromatic carbocycles. The second-order valence-corrected chi connectivity index (χ2v) is 5.93. The van der Waals surface area contributed by atoms with Crippen molar-refractivity contribution in [2.45, 2.75) is 65.4 Å². The molecule has 1 N–H and O–H groups in total. The fourth-order valence-corrected chi connectivity index (χ4v) is 3.35. The Morgan fingerprint density at radius 2 is 1.71 bits per heavy atom. The van der Waals surface area contributed by atoms with Crippen molar-refractivity contribution in [1.29, 1.82) is 0 Å². The molecule has 1 aliphatic carbocycles. The summed E-state index contributed by atoms with van der Waals surface area (Å²) in [6, 6.07) is 0. The van der Waals surface area contributed by atoms with Crippen LogP contribution in [-0.4, -0.2) is 29.7 Å². The average molecular weight is 291 g/mol. The first-order chi connectivity index (χ1) is 10.1. The maximum absolute atomic E-state index is 6.09. The van der Waals surface area contributed by atoms with Gasteiger partial charge in [0, 0.05) is 18.0 Å². The Hall–Kier alpha value is -1.00. The summed E-state index contributed by atoms with van der Waals surface area (Å²) in [5.74, 6) is 0.907. The van der Waals surface area contributed by atoms with Gasteiger partial charge in [0.15, 0.2) is 5.82 Å². The minimum absolute atomic E-state index is 0.232. The molecule has 4 nitrogen and oxygen atoms in total. The SMILES string of the molecule is CCNCCc1c(C)nc(C2(OCC)CCCC2)nc1C. The molecule has 1 aliphatic rings. The van der Waals surface area contributed by atoms with Gasteiger partial charge in [-0.1, -0.05) is 6.92 Å². The van der Waals surface area contributed by atoms with Crippen molar-refractivity contribution < 1.29 is 4.74 Å². The lowest BCUT2D eigenvalue weighted by Crippen LogP contribution is -2.30. The van der Waals surface area contributed by atoms with Crippen LogP contribution in [0.3, 0.4) is 0 Å². The highest BCUT2D eigenvalue weighted by molar-refractivity contribution is 5.26. The molecular formula is C17H29N3O. The lowest BCUT2D eigenvalue weighted by atomic mass is 9.99. The molecule has 21 heavy (non-hydrogen) atoms. The summed E-state index contributed by atoms with van der Waals surface area (Å²) in [6.07, 6.45) is 5.52. The van der Waals surface area contributed by atoms with Crippen molar-refractivity contribution in [2.75, 3.05) is 19.7 Å². The monoisotopic (exact) mass is 291 g/mol. The van der Waals surface area contributed by atoms with Gasteiger partial charge in [-0.05, 0) is 71.5 Å². The summed E-state index contributed by atoms with van der Waals surface area (Å²) in [6.45, 7) is 11.1. The number of aromatic nitrogens is 2. The number of hydrogen-bond donors (Lipinski definition) is 1. The molecule has 0 unspecified atom stereocenters. The lowest BCUT2D eigenvalue weighted by Gasteiger charge is -2.28. The van der Waals surface area contributed by atoms with Crippen LogP contribution in [0.5, 0.6) is 0 Å². The summed E-state index contributed by atoms with van der Waals surface area (Å²) in [5.41, 5.74) is 3.27. The van der Waals surface area contributed by atoms with E-state index in [0.717, 1.165) is 56.2 Å². The standard InChI is InChI=1S/C17H29N3O/c1-5-18-12-9-15-13(3)19-16(20-14(15)4)17(21-6-2)10-7-8-11-17/h18H,5-12H2,1-4H3. The topological polar surface area (TPSA) is 47.0 Å². The van der Waals surface area contributed by atoms with E-state index in [-0.39, 0.29) is 5.60 Å². The Labute approximate surface area is 128 Å². The van der Waals surface area contributed by atoms with Gasteiger partial charge in [-0.15, -0.1) is 0 Å². The first kappa shape index (κ1) is 16.4. The first-order valence-corrected chi connectivity index (χ1v) is 8.32. The van der Waals surface area contributed by atoms with Crippen LogP contribution in [0.15, 0.2) is 0 Å². The summed E-state index contributed by atoms with van der Waals surface area (Å²) in [4.78, 5) is 9.64. The van der Waals surface area contributed by atoms with E-state index in [9.17, 15) is 0 Å². The van der Waals surface area contributed by atoms with E-state index in [1.165, 1.54) is 18.4 Å². The van der Waals surface area contributed by atoms with Gasteiger partial charge in [-0.2, -0.15) is 0 Å². The highest BCUT2D eigenvalue weighted by Crippen LogP contribution is 2.40. The van der Waals surface area contributed by atoms with Crippen LogP contribution in [0.1, 0.15) is 62.3 Å². The van der Waals surface area contributed by atoms with Gasteiger partial charge in [0.1, 0.15) is 5.60 Å². The number of nitrogens with one attached hydrogen (secondary N) is 1. The summed E-state index contributed by atoms with van der Waals surface area (Å²) in [7, 11) is 0. The van der Waals surface area contributed by atoms with Crippen molar-refractivity contribution in [1.82, 2.24) is 15.3 Å². The number of hydrogen-bond acceptors (Lipinski definition) is 4. The van der Waals surface area contributed by atoms with Crippen LogP contribution in [0.4, 0.5) is 0 Å². The quantitative estimate of drug-likeness (QED) is 0.784. The van der Waals surface area contributed by atoms with Crippen molar-refractivity contribution in [3.05, 3.63) is 22.8 Å². The normalized spacial score (nSPS) is 17.3. The van der Waals surface area contributed by atoms with Crippen LogP contribution in [0.2, 0.25) is 0 Å². The van der Waals surface area contributed by atoms with E-state index in [2.05, 4.69) is 33.0 Å². The zero-order chi connectivity index (χ0) is 15.3. The second kappa shape index (κ2) is 7.32. The predicted molar refractivity (Wildman–Crippen MR) is 85.5 cm³/mol. The number of nitrogens with zero attached hydrogens (tertiary/aromatic N) is 2. The molecule has 0 atom stereocenters. The molecule has 0 aliphatic heterocycles. The molecule has 0 saturated heterocycles. The van der Waals surface area contributed by atoms with Crippen molar-refractivity contribution in [3.8, 4) is 0 Å². The van der Waals surface area contributed by atoms with Crippen molar-refractivity contribution in [2.24, 2.45) is 0 Å². The van der Waals surface area contributed by atoms with Crippen LogP contribution < -0.4 is 5.32 Å². The van der Waals surface area contributed by atoms with Crippen molar-refractivity contribution >= 4 is 0 Å². The average Bonchev–Trinajstić information content (AvgIpc) is 2.92. The minimum atomic E-state index is -0.232. The molecule has 0 bridgehead atoms.